The van der Waals surface area contributed by atoms with Gasteiger partial charge in [-0.1, -0.05) is 13.8 Å². The van der Waals surface area contributed by atoms with E-state index in [0.717, 1.165) is 12.1 Å². The number of nitrogens with zero attached hydrogens (tertiary/aromatic N) is 1. The first-order valence-electron chi connectivity index (χ1n) is 6.21. The van der Waals surface area contributed by atoms with E-state index in [1.807, 2.05) is 20.8 Å². The van der Waals surface area contributed by atoms with Crippen LogP contribution in [0.3, 0.4) is 0 Å². The first kappa shape index (κ1) is 15.6. The Hall–Kier alpha value is -0.430. The van der Waals surface area contributed by atoms with Crippen LogP contribution >= 0.6 is 22.6 Å². The SMILES string of the molecule is CCOC(C)(C)c1nc(CC(C)C)c(I)c(=O)[nH]1. The van der Waals surface area contributed by atoms with E-state index in [2.05, 4.69) is 46.4 Å². The molecular formula is C13H21IN2O2. The molecule has 0 fully saturated rings. The van der Waals surface area contributed by atoms with E-state index in [1.165, 1.54) is 0 Å². The minimum absolute atomic E-state index is 0.0796. The monoisotopic (exact) mass is 364 g/mol. The van der Waals surface area contributed by atoms with Gasteiger partial charge in [0.25, 0.3) is 5.56 Å². The lowest BCUT2D eigenvalue weighted by molar-refractivity contribution is -0.0212. The summed E-state index contributed by atoms with van der Waals surface area (Å²) in [5, 5.41) is 0. The number of halogens is 1. The minimum atomic E-state index is -0.565. The fraction of sp³-hybridized carbons (Fsp3) is 0.692. The summed E-state index contributed by atoms with van der Waals surface area (Å²) in [5.74, 6) is 1.07. The summed E-state index contributed by atoms with van der Waals surface area (Å²) < 4.78 is 6.31. The molecule has 1 aromatic rings. The molecule has 0 amide bonds. The first-order chi connectivity index (χ1) is 8.27. The zero-order valence-electron chi connectivity index (χ0n) is 11.6. The Morgan fingerprint density at radius 1 is 1.44 bits per heavy atom. The van der Waals surface area contributed by atoms with Crippen LogP contribution in [0.2, 0.25) is 0 Å². The van der Waals surface area contributed by atoms with Gasteiger partial charge in [0.05, 0.1) is 9.26 Å². The van der Waals surface area contributed by atoms with Crippen molar-refractivity contribution < 1.29 is 4.74 Å². The van der Waals surface area contributed by atoms with Gasteiger partial charge in [-0.05, 0) is 55.7 Å². The lowest BCUT2D eigenvalue weighted by atomic mass is 10.1. The van der Waals surface area contributed by atoms with Crippen molar-refractivity contribution in [3.8, 4) is 0 Å². The summed E-state index contributed by atoms with van der Waals surface area (Å²) in [6, 6.07) is 0. The summed E-state index contributed by atoms with van der Waals surface area (Å²) >= 11 is 2.06. The quantitative estimate of drug-likeness (QED) is 0.818. The highest BCUT2D eigenvalue weighted by molar-refractivity contribution is 14.1. The Kier molecular flexibility index (Phi) is 5.33. The molecule has 0 aromatic carbocycles. The van der Waals surface area contributed by atoms with E-state index in [1.54, 1.807) is 0 Å². The maximum Gasteiger partial charge on any atom is 0.264 e. The van der Waals surface area contributed by atoms with E-state index in [-0.39, 0.29) is 5.56 Å². The highest BCUT2D eigenvalue weighted by Crippen LogP contribution is 2.21. The van der Waals surface area contributed by atoms with Gasteiger partial charge in [0.2, 0.25) is 0 Å². The van der Waals surface area contributed by atoms with Crippen LogP contribution in [0.15, 0.2) is 4.79 Å². The molecule has 0 atom stereocenters. The molecule has 1 aromatic heterocycles. The van der Waals surface area contributed by atoms with Crippen LogP contribution in [-0.2, 0) is 16.8 Å². The molecule has 18 heavy (non-hydrogen) atoms. The Balaban J connectivity index is 3.23. The number of hydrogen-bond donors (Lipinski definition) is 1. The number of aromatic nitrogens is 2. The van der Waals surface area contributed by atoms with Crippen LogP contribution in [-0.4, -0.2) is 16.6 Å². The molecule has 0 radical (unpaired) electrons. The minimum Gasteiger partial charge on any atom is -0.368 e. The van der Waals surface area contributed by atoms with Gasteiger partial charge in [0.1, 0.15) is 11.4 Å². The van der Waals surface area contributed by atoms with Crippen LogP contribution in [0, 0.1) is 9.49 Å². The molecule has 0 unspecified atom stereocenters. The number of nitrogens with one attached hydrogen (secondary N) is 1. The second-order valence-electron chi connectivity index (χ2n) is 5.22. The van der Waals surface area contributed by atoms with Crippen molar-refractivity contribution in [2.24, 2.45) is 5.92 Å². The summed E-state index contributed by atoms with van der Waals surface area (Å²) in [6.07, 6.45) is 0.803. The second kappa shape index (κ2) is 6.14. The third-order valence-electron chi connectivity index (χ3n) is 2.61. The maximum atomic E-state index is 11.9. The molecule has 0 bridgehead atoms. The smallest absolute Gasteiger partial charge is 0.264 e. The molecular weight excluding hydrogens is 343 g/mol. The Labute approximate surface area is 122 Å². The van der Waals surface area contributed by atoms with Gasteiger partial charge >= 0.3 is 0 Å². The Morgan fingerprint density at radius 2 is 2.06 bits per heavy atom. The molecule has 0 aliphatic rings. The van der Waals surface area contributed by atoms with E-state index >= 15 is 0 Å². The van der Waals surface area contributed by atoms with Gasteiger partial charge in [-0.15, -0.1) is 0 Å². The van der Waals surface area contributed by atoms with E-state index in [0.29, 0.717) is 21.9 Å². The third-order valence-corrected chi connectivity index (χ3v) is 3.72. The van der Waals surface area contributed by atoms with Crippen molar-refractivity contribution in [3.63, 3.8) is 0 Å². The molecule has 0 saturated heterocycles. The number of H-pyrrole nitrogens is 1. The molecule has 5 heteroatoms. The van der Waals surface area contributed by atoms with E-state index in [4.69, 9.17) is 4.74 Å². The van der Waals surface area contributed by atoms with Gasteiger partial charge in [0, 0.05) is 6.61 Å². The fourth-order valence-electron chi connectivity index (χ4n) is 1.74. The first-order valence-corrected chi connectivity index (χ1v) is 7.29. The molecule has 0 saturated carbocycles. The maximum absolute atomic E-state index is 11.9. The van der Waals surface area contributed by atoms with Crippen LogP contribution in [0.5, 0.6) is 0 Å². The van der Waals surface area contributed by atoms with Crippen LogP contribution in [0.25, 0.3) is 0 Å². The lowest BCUT2D eigenvalue weighted by Gasteiger charge is -2.24. The topological polar surface area (TPSA) is 55.0 Å². The number of hydrogen-bond acceptors (Lipinski definition) is 3. The molecule has 1 N–H and O–H groups in total. The highest BCUT2D eigenvalue weighted by Gasteiger charge is 2.25. The average molecular weight is 364 g/mol. The van der Waals surface area contributed by atoms with Crippen molar-refractivity contribution in [1.82, 2.24) is 9.97 Å². The second-order valence-corrected chi connectivity index (χ2v) is 6.30. The highest BCUT2D eigenvalue weighted by atomic mass is 127. The van der Waals surface area contributed by atoms with Crippen LogP contribution in [0.1, 0.15) is 46.1 Å². The summed E-state index contributed by atoms with van der Waals surface area (Å²) in [4.78, 5) is 19.3. The van der Waals surface area contributed by atoms with E-state index < -0.39 is 5.60 Å². The molecule has 0 aliphatic carbocycles. The zero-order valence-corrected chi connectivity index (χ0v) is 13.8. The van der Waals surface area contributed by atoms with Gasteiger partial charge < -0.3 is 9.72 Å². The average Bonchev–Trinajstić information content (AvgIpc) is 2.23. The molecule has 0 aliphatic heterocycles. The zero-order chi connectivity index (χ0) is 13.9. The fourth-order valence-corrected chi connectivity index (χ4v) is 2.22. The number of ether oxygens (including phenoxy) is 1. The van der Waals surface area contributed by atoms with Crippen molar-refractivity contribution in [1.29, 1.82) is 0 Å². The number of aromatic amines is 1. The standard InChI is InChI=1S/C13H21IN2O2/c1-6-18-13(4,5)12-15-9(7-8(2)3)10(14)11(17)16-12/h8H,6-7H2,1-5H3,(H,15,16,17). The summed E-state index contributed by atoms with van der Waals surface area (Å²) in [5.41, 5.74) is 0.213. The van der Waals surface area contributed by atoms with Crippen molar-refractivity contribution >= 4 is 22.6 Å². The Bertz CT molecular complexity index is 467. The summed E-state index contributed by atoms with van der Waals surface area (Å²) in [7, 11) is 0. The molecule has 102 valence electrons. The molecule has 4 nitrogen and oxygen atoms in total. The van der Waals surface area contributed by atoms with Crippen molar-refractivity contribution in [2.75, 3.05) is 6.61 Å². The van der Waals surface area contributed by atoms with Crippen molar-refractivity contribution in [2.45, 2.75) is 46.6 Å². The Morgan fingerprint density at radius 3 is 2.56 bits per heavy atom. The largest absolute Gasteiger partial charge is 0.368 e. The van der Waals surface area contributed by atoms with Gasteiger partial charge in [-0.3, -0.25) is 4.79 Å². The third kappa shape index (κ3) is 3.78. The molecule has 0 spiro atoms. The summed E-state index contributed by atoms with van der Waals surface area (Å²) in [6.45, 7) is 10.6. The molecule has 1 heterocycles. The predicted molar refractivity (Wildman–Crippen MR) is 80.8 cm³/mol. The number of rotatable bonds is 5. The lowest BCUT2D eigenvalue weighted by Crippen LogP contribution is -2.30. The normalized spacial score (nSPS) is 12.2. The molecule has 1 rings (SSSR count). The van der Waals surface area contributed by atoms with Gasteiger partial charge in [-0.25, -0.2) is 4.98 Å². The van der Waals surface area contributed by atoms with E-state index in [9.17, 15) is 4.79 Å². The van der Waals surface area contributed by atoms with Crippen LogP contribution in [0.4, 0.5) is 0 Å². The van der Waals surface area contributed by atoms with Gasteiger partial charge in [-0.2, -0.15) is 0 Å². The van der Waals surface area contributed by atoms with Crippen LogP contribution < -0.4 is 5.56 Å². The van der Waals surface area contributed by atoms with Gasteiger partial charge in [0.15, 0.2) is 0 Å². The predicted octanol–water partition coefficient (Wildman–Crippen LogP) is 2.84. The van der Waals surface area contributed by atoms with Crippen molar-refractivity contribution in [3.05, 3.63) is 25.4 Å².